The predicted octanol–water partition coefficient (Wildman–Crippen LogP) is 3.41. The van der Waals surface area contributed by atoms with Gasteiger partial charge in [0.2, 0.25) is 0 Å². The van der Waals surface area contributed by atoms with Crippen molar-refractivity contribution >= 4 is 5.96 Å². The lowest BCUT2D eigenvalue weighted by Gasteiger charge is -2.29. The fourth-order valence-corrected chi connectivity index (χ4v) is 4.65. The van der Waals surface area contributed by atoms with Crippen molar-refractivity contribution in [1.82, 2.24) is 15.1 Å². The number of rotatable bonds is 9. The Morgan fingerprint density at radius 2 is 2.00 bits per heavy atom. The summed E-state index contributed by atoms with van der Waals surface area (Å²) in [6.07, 6.45) is 7.50. The Hall–Kier alpha value is -1.95. The van der Waals surface area contributed by atoms with Crippen molar-refractivity contribution in [2.24, 2.45) is 10.9 Å². The van der Waals surface area contributed by atoms with Crippen LogP contribution in [0.15, 0.2) is 23.2 Å². The smallest absolute Gasteiger partial charge is 0.193 e. The van der Waals surface area contributed by atoms with Gasteiger partial charge in [0.15, 0.2) is 17.5 Å². The Kier molecular flexibility index (Phi) is 9.12. The molecule has 2 aliphatic rings. The molecule has 30 heavy (non-hydrogen) atoms. The first-order valence-electron chi connectivity index (χ1n) is 11.7. The number of hydrogen-bond acceptors (Lipinski definition) is 4. The van der Waals surface area contributed by atoms with Crippen LogP contribution in [-0.2, 0) is 6.42 Å². The summed E-state index contributed by atoms with van der Waals surface area (Å²) in [6, 6.07) is 6.23. The number of piperidine rings is 1. The molecule has 168 valence electrons. The summed E-state index contributed by atoms with van der Waals surface area (Å²) in [5.41, 5.74) is 1.28. The molecule has 1 N–H and O–H groups in total. The third-order valence-corrected chi connectivity index (χ3v) is 6.22. The topological polar surface area (TPSA) is 49.3 Å². The number of aliphatic imine (C=N–C) groups is 1. The summed E-state index contributed by atoms with van der Waals surface area (Å²) in [6.45, 7) is 9.66. The van der Waals surface area contributed by atoms with Gasteiger partial charge in [-0.3, -0.25) is 4.99 Å². The van der Waals surface area contributed by atoms with E-state index in [1.165, 1.54) is 50.9 Å². The van der Waals surface area contributed by atoms with E-state index in [1.807, 2.05) is 20.0 Å². The Morgan fingerprint density at radius 1 is 1.17 bits per heavy atom. The van der Waals surface area contributed by atoms with Gasteiger partial charge in [0.1, 0.15) is 0 Å². The van der Waals surface area contributed by atoms with Crippen LogP contribution in [0.1, 0.15) is 44.6 Å². The minimum atomic E-state index is 0.645. The number of hydrogen-bond donors (Lipinski definition) is 1. The second-order valence-electron chi connectivity index (χ2n) is 8.46. The Balaban J connectivity index is 1.40. The summed E-state index contributed by atoms with van der Waals surface area (Å²) in [5, 5.41) is 3.57. The van der Waals surface area contributed by atoms with Gasteiger partial charge in [0.05, 0.1) is 13.7 Å². The van der Waals surface area contributed by atoms with Crippen LogP contribution in [0.5, 0.6) is 11.5 Å². The lowest BCUT2D eigenvalue weighted by atomic mass is 10.1. The maximum atomic E-state index is 5.69. The van der Waals surface area contributed by atoms with Gasteiger partial charge in [-0.2, -0.15) is 0 Å². The van der Waals surface area contributed by atoms with Crippen LogP contribution in [0.4, 0.5) is 0 Å². The fourth-order valence-electron chi connectivity index (χ4n) is 4.65. The molecule has 3 rings (SSSR count). The van der Waals surface area contributed by atoms with Crippen molar-refractivity contribution in [2.75, 3.05) is 60.0 Å². The van der Waals surface area contributed by atoms with Gasteiger partial charge in [-0.05, 0) is 75.7 Å². The maximum absolute atomic E-state index is 5.69. The number of aryl methyl sites for hydroxylation is 1. The number of guanidine groups is 1. The van der Waals surface area contributed by atoms with Gasteiger partial charge in [0, 0.05) is 33.2 Å². The predicted molar refractivity (Wildman–Crippen MR) is 124 cm³/mol. The molecule has 0 aliphatic carbocycles. The van der Waals surface area contributed by atoms with Crippen molar-refractivity contribution in [3.63, 3.8) is 0 Å². The van der Waals surface area contributed by atoms with E-state index in [0.29, 0.717) is 6.61 Å². The lowest BCUT2D eigenvalue weighted by molar-refractivity contribution is 0.198. The fraction of sp³-hybridized carbons (Fsp3) is 0.708. The molecule has 2 heterocycles. The quantitative estimate of drug-likeness (QED) is 0.380. The molecule has 1 aromatic carbocycles. The van der Waals surface area contributed by atoms with E-state index < -0.39 is 0 Å². The zero-order valence-electron chi connectivity index (χ0n) is 19.2. The van der Waals surface area contributed by atoms with Crippen LogP contribution in [0.3, 0.4) is 0 Å². The zero-order valence-corrected chi connectivity index (χ0v) is 19.2. The number of methoxy groups -OCH3 is 1. The number of ether oxygens (including phenoxy) is 2. The summed E-state index contributed by atoms with van der Waals surface area (Å²) in [4.78, 5) is 9.64. The molecule has 0 spiro atoms. The van der Waals surface area contributed by atoms with Crippen LogP contribution in [-0.4, -0.2) is 75.8 Å². The first kappa shape index (κ1) is 22.7. The van der Waals surface area contributed by atoms with Crippen molar-refractivity contribution in [2.45, 2.75) is 45.4 Å². The van der Waals surface area contributed by atoms with Gasteiger partial charge in [0.25, 0.3) is 0 Å². The lowest BCUT2D eigenvalue weighted by Crippen LogP contribution is -2.41. The molecule has 0 amide bonds. The maximum Gasteiger partial charge on any atom is 0.193 e. The standard InChI is InChI=1S/C24H40N4O2/c1-4-30-23-17-20(10-11-22(23)29-3)9-8-13-26-24(25-2)28-16-12-21(19-28)18-27-14-6-5-7-15-27/h10-11,17,21H,4-9,12-16,18-19H2,1-3H3,(H,25,26). The molecule has 1 unspecified atom stereocenters. The van der Waals surface area contributed by atoms with Crippen LogP contribution in [0.25, 0.3) is 0 Å². The number of benzene rings is 1. The Bertz CT molecular complexity index is 673. The van der Waals surface area contributed by atoms with Gasteiger partial charge in [-0.1, -0.05) is 12.5 Å². The number of likely N-dealkylation sites (tertiary alicyclic amines) is 2. The van der Waals surface area contributed by atoms with Crippen LogP contribution < -0.4 is 14.8 Å². The molecular weight excluding hydrogens is 376 g/mol. The molecule has 0 saturated carbocycles. The van der Waals surface area contributed by atoms with E-state index >= 15 is 0 Å². The average molecular weight is 417 g/mol. The van der Waals surface area contributed by atoms with Crippen molar-refractivity contribution in [3.05, 3.63) is 23.8 Å². The Labute approximate surface area is 182 Å². The van der Waals surface area contributed by atoms with Crippen LogP contribution in [0, 0.1) is 5.92 Å². The molecule has 1 aromatic rings. The number of nitrogens with zero attached hydrogens (tertiary/aromatic N) is 3. The highest BCUT2D eigenvalue weighted by Crippen LogP contribution is 2.28. The molecule has 1 atom stereocenters. The van der Waals surface area contributed by atoms with Crippen LogP contribution >= 0.6 is 0 Å². The summed E-state index contributed by atoms with van der Waals surface area (Å²) in [7, 11) is 3.58. The first-order chi connectivity index (χ1) is 14.7. The Morgan fingerprint density at radius 3 is 2.73 bits per heavy atom. The first-order valence-corrected chi connectivity index (χ1v) is 11.7. The third-order valence-electron chi connectivity index (χ3n) is 6.22. The van der Waals surface area contributed by atoms with Gasteiger partial charge in [-0.25, -0.2) is 0 Å². The highest BCUT2D eigenvalue weighted by molar-refractivity contribution is 5.80. The van der Waals surface area contributed by atoms with E-state index in [0.717, 1.165) is 55.9 Å². The summed E-state index contributed by atoms with van der Waals surface area (Å²) in [5.74, 6) is 3.46. The number of nitrogens with one attached hydrogen (secondary N) is 1. The molecule has 0 bridgehead atoms. The van der Waals surface area contributed by atoms with Gasteiger partial charge >= 0.3 is 0 Å². The molecule has 2 saturated heterocycles. The van der Waals surface area contributed by atoms with Gasteiger partial charge < -0.3 is 24.6 Å². The van der Waals surface area contributed by atoms with Gasteiger partial charge in [-0.15, -0.1) is 0 Å². The minimum absolute atomic E-state index is 0.645. The van der Waals surface area contributed by atoms with E-state index in [4.69, 9.17) is 9.47 Å². The zero-order chi connectivity index (χ0) is 21.2. The molecule has 0 aromatic heterocycles. The molecule has 6 heteroatoms. The second-order valence-corrected chi connectivity index (χ2v) is 8.46. The van der Waals surface area contributed by atoms with Crippen molar-refractivity contribution < 1.29 is 9.47 Å². The molecule has 6 nitrogen and oxygen atoms in total. The van der Waals surface area contributed by atoms with Crippen molar-refractivity contribution in [3.8, 4) is 11.5 Å². The highest BCUT2D eigenvalue weighted by atomic mass is 16.5. The largest absolute Gasteiger partial charge is 0.493 e. The monoisotopic (exact) mass is 416 g/mol. The van der Waals surface area contributed by atoms with Crippen LogP contribution in [0.2, 0.25) is 0 Å². The average Bonchev–Trinajstić information content (AvgIpc) is 3.23. The second kappa shape index (κ2) is 12.0. The molecular formula is C24H40N4O2. The molecule has 2 fully saturated rings. The summed E-state index contributed by atoms with van der Waals surface area (Å²) < 4.78 is 11.1. The minimum Gasteiger partial charge on any atom is -0.493 e. The van der Waals surface area contributed by atoms with E-state index in [1.54, 1.807) is 7.11 Å². The van der Waals surface area contributed by atoms with E-state index in [2.05, 4.69) is 32.2 Å². The normalized spacial score (nSPS) is 20.4. The SMILES string of the molecule is CCOc1cc(CCCNC(=NC)N2CCC(CN3CCCCC3)C2)ccc1OC. The molecule has 0 radical (unpaired) electrons. The third kappa shape index (κ3) is 6.53. The highest BCUT2D eigenvalue weighted by Gasteiger charge is 2.26. The van der Waals surface area contributed by atoms with E-state index in [9.17, 15) is 0 Å². The summed E-state index contributed by atoms with van der Waals surface area (Å²) >= 11 is 0. The van der Waals surface area contributed by atoms with Crippen molar-refractivity contribution in [1.29, 1.82) is 0 Å². The molecule has 2 aliphatic heterocycles. The van der Waals surface area contributed by atoms with E-state index in [-0.39, 0.29) is 0 Å².